The van der Waals surface area contributed by atoms with Gasteiger partial charge in [-0.25, -0.2) is 4.39 Å². The summed E-state index contributed by atoms with van der Waals surface area (Å²) in [4.78, 5) is 10.5. The van der Waals surface area contributed by atoms with Crippen LogP contribution in [0.3, 0.4) is 0 Å². The highest BCUT2D eigenvalue weighted by Crippen LogP contribution is 2.25. The van der Waals surface area contributed by atoms with Gasteiger partial charge in [0.1, 0.15) is 17.4 Å². The summed E-state index contributed by atoms with van der Waals surface area (Å²) in [5.74, 6) is -0.633. The third-order valence-electron chi connectivity index (χ3n) is 2.83. The highest BCUT2D eigenvalue weighted by Gasteiger charge is 2.14. The van der Waals surface area contributed by atoms with E-state index >= 15 is 0 Å². The van der Waals surface area contributed by atoms with Crippen LogP contribution in [-0.2, 0) is 6.54 Å². The second-order valence-electron chi connectivity index (χ2n) is 4.16. The molecule has 0 amide bonds. The fraction of sp³-hybridized carbons (Fsp3) is 0.0714. The fourth-order valence-corrected chi connectivity index (χ4v) is 2.26. The molecule has 0 saturated heterocycles. The minimum absolute atomic E-state index is 0.0411. The van der Waals surface area contributed by atoms with Gasteiger partial charge in [-0.15, -0.1) is 0 Å². The van der Waals surface area contributed by atoms with Crippen molar-refractivity contribution in [2.75, 3.05) is 5.32 Å². The van der Waals surface area contributed by atoms with Crippen LogP contribution < -0.4 is 5.32 Å². The van der Waals surface area contributed by atoms with Gasteiger partial charge in [-0.2, -0.15) is 5.26 Å². The van der Waals surface area contributed by atoms with Gasteiger partial charge in [-0.1, -0.05) is 22.0 Å². The number of nitro benzene ring substituents is 1. The zero-order valence-electron chi connectivity index (χ0n) is 10.6. The molecule has 0 unspecified atom stereocenters. The number of halogens is 2. The van der Waals surface area contributed by atoms with Gasteiger partial charge >= 0.3 is 0 Å². The van der Waals surface area contributed by atoms with Crippen LogP contribution in [0.25, 0.3) is 0 Å². The number of hydrogen-bond donors (Lipinski definition) is 1. The minimum atomic E-state index is -0.633. The molecule has 0 radical (unpaired) electrons. The standard InChI is InChI=1S/C14H9BrFN3O2/c15-10-4-5-14(19(20)21)9(6-10)8-18-13-3-1-2-12(16)11(13)7-17/h1-6,18H,8H2. The molecule has 2 rings (SSSR count). The first-order valence-corrected chi connectivity index (χ1v) is 6.67. The molecule has 0 aliphatic rings. The molecule has 0 aromatic heterocycles. The predicted octanol–water partition coefficient (Wildman–Crippen LogP) is 3.98. The van der Waals surface area contributed by atoms with Crippen LogP contribution in [0, 0.1) is 27.3 Å². The number of nitrogens with zero attached hydrogens (tertiary/aromatic N) is 2. The number of nitrogens with one attached hydrogen (secondary N) is 1. The molecule has 2 aromatic rings. The summed E-state index contributed by atoms with van der Waals surface area (Å²) >= 11 is 3.25. The van der Waals surface area contributed by atoms with Crippen LogP contribution in [-0.4, -0.2) is 4.92 Å². The van der Waals surface area contributed by atoms with E-state index < -0.39 is 10.7 Å². The van der Waals surface area contributed by atoms with E-state index in [0.717, 1.165) is 0 Å². The van der Waals surface area contributed by atoms with Crippen molar-refractivity contribution in [3.05, 3.63) is 67.9 Å². The maximum Gasteiger partial charge on any atom is 0.274 e. The van der Waals surface area contributed by atoms with Crippen molar-refractivity contribution >= 4 is 27.3 Å². The quantitative estimate of drug-likeness (QED) is 0.668. The zero-order chi connectivity index (χ0) is 15.4. The van der Waals surface area contributed by atoms with Gasteiger partial charge < -0.3 is 5.32 Å². The largest absolute Gasteiger partial charge is 0.380 e. The second-order valence-corrected chi connectivity index (χ2v) is 5.07. The minimum Gasteiger partial charge on any atom is -0.380 e. The Bertz CT molecular complexity index is 743. The van der Waals surface area contributed by atoms with E-state index in [2.05, 4.69) is 21.2 Å². The van der Waals surface area contributed by atoms with Gasteiger partial charge in [0.2, 0.25) is 0 Å². The smallest absolute Gasteiger partial charge is 0.274 e. The van der Waals surface area contributed by atoms with Crippen LogP contribution in [0.1, 0.15) is 11.1 Å². The van der Waals surface area contributed by atoms with Crippen molar-refractivity contribution in [3.63, 3.8) is 0 Å². The Hall–Kier alpha value is -2.46. The number of benzene rings is 2. The average Bonchev–Trinajstić information content (AvgIpc) is 2.44. The monoisotopic (exact) mass is 349 g/mol. The molecule has 1 N–H and O–H groups in total. The summed E-state index contributed by atoms with van der Waals surface area (Å²) in [5.41, 5.74) is 0.574. The lowest BCUT2D eigenvalue weighted by molar-refractivity contribution is -0.385. The van der Waals surface area contributed by atoms with E-state index in [1.807, 2.05) is 0 Å². The average molecular weight is 350 g/mol. The lowest BCUT2D eigenvalue weighted by Gasteiger charge is -2.09. The van der Waals surface area contributed by atoms with Gasteiger partial charge in [0.05, 0.1) is 10.6 Å². The summed E-state index contributed by atoms with van der Waals surface area (Å²) in [7, 11) is 0. The normalized spacial score (nSPS) is 9.95. The molecule has 0 spiro atoms. The van der Waals surface area contributed by atoms with Crippen LogP contribution in [0.15, 0.2) is 40.9 Å². The Kier molecular flexibility index (Phi) is 4.50. The molecule has 106 valence electrons. The van der Waals surface area contributed by atoms with Crippen LogP contribution in [0.2, 0.25) is 0 Å². The Balaban J connectivity index is 2.29. The first-order valence-electron chi connectivity index (χ1n) is 5.88. The lowest BCUT2D eigenvalue weighted by Crippen LogP contribution is -2.05. The van der Waals surface area contributed by atoms with Crippen molar-refractivity contribution in [1.29, 1.82) is 5.26 Å². The number of nitro groups is 1. The highest BCUT2D eigenvalue weighted by atomic mass is 79.9. The summed E-state index contributed by atoms with van der Waals surface area (Å²) in [6.45, 7) is 0.105. The first-order chi connectivity index (χ1) is 10.0. The Morgan fingerprint density at radius 3 is 2.81 bits per heavy atom. The molecule has 0 bridgehead atoms. The van der Waals surface area contributed by atoms with Gasteiger partial charge in [0, 0.05) is 22.6 Å². The van der Waals surface area contributed by atoms with Gasteiger partial charge in [-0.05, 0) is 24.3 Å². The van der Waals surface area contributed by atoms with Crippen molar-refractivity contribution < 1.29 is 9.31 Å². The third-order valence-corrected chi connectivity index (χ3v) is 3.33. The zero-order valence-corrected chi connectivity index (χ0v) is 12.2. The predicted molar refractivity (Wildman–Crippen MR) is 79.2 cm³/mol. The van der Waals surface area contributed by atoms with E-state index in [1.165, 1.54) is 18.2 Å². The third kappa shape index (κ3) is 3.35. The maximum absolute atomic E-state index is 13.5. The fourth-order valence-electron chi connectivity index (χ4n) is 1.85. The van der Waals surface area contributed by atoms with E-state index in [4.69, 9.17) is 5.26 Å². The highest BCUT2D eigenvalue weighted by molar-refractivity contribution is 9.10. The maximum atomic E-state index is 13.5. The summed E-state index contributed by atoms with van der Waals surface area (Å²) in [6, 6.07) is 10.5. The van der Waals surface area contributed by atoms with Crippen molar-refractivity contribution in [2.45, 2.75) is 6.54 Å². The molecule has 2 aromatic carbocycles. The lowest BCUT2D eigenvalue weighted by atomic mass is 10.1. The topological polar surface area (TPSA) is 79.0 Å². The molecular formula is C14H9BrFN3O2. The molecule has 0 heterocycles. The molecule has 21 heavy (non-hydrogen) atoms. The Labute approximate surface area is 128 Å². The van der Waals surface area contributed by atoms with Crippen molar-refractivity contribution in [3.8, 4) is 6.07 Å². The van der Waals surface area contributed by atoms with E-state index in [1.54, 1.807) is 24.3 Å². The summed E-state index contributed by atoms with van der Waals surface area (Å²) < 4.78 is 14.2. The Morgan fingerprint density at radius 1 is 1.38 bits per heavy atom. The van der Waals surface area contributed by atoms with Crippen LogP contribution in [0.5, 0.6) is 0 Å². The van der Waals surface area contributed by atoms with Crippen LogP contribution in [0.4, 0.5) is 15.8 Å². The van der Waals surface area contributed by atoms with E-state index in [0.29, 0.717) is 15.7 Å². The second kappa shape index (κ2) is 6.33. The summed E-state index contributed by atoms with van der Waals surface area (Å²) in [5, 5.41) is 22.8. The molecule has 0 aliphatic carbocycles. The molecular weight excluding hydrogens is 341 g/mol. The number of rotatable bonds is 4. The SMILES string of the molecule is N#Cc1c(F)cccc1NCc1cc(Br)ccc1[N+](=O)[O-]. The number of nitriles is 1. The molecule has 0 aliphatic heterocycles. The molecule has 0 atom stereocenters. The molecule has 5 nitrogen and oxygen atoms in total. The van der Waals surface area contributed by atoms with Gasteiger partial charge in [0.15, 0.2) is 0 Å². The molecule has 7 heteroatoms. The first kappa shape index (κ1) is 14.9. The summed E-state index contributed by atoms with van der Waals surface area (Å²) in [6.07, 6.45) is 0. The number of anilines is 1. The Morgan fingerprint density at radius 2 is 2.14 bits per heavy atom. The van der Waals surface area contributed by atoms with Crippen molar-refractivity contribution in [2.24, 2.45) is 0 Å². The molecule has 0 fully saturated rings. The van der Waals surface area contributed by atoms with E-state index in [-0.39, 0.29) is 17.8 Å². The van der Waals surface area contributed by atoms with E-state index in [9.17, 15) is 14.5 Å². The van der Waals surface area contributed by atoms with Gasteiger partial charge in [-0.3, -0.25) is 10.1 Å². The van der Waals surface area contributed by atoms with Gasteiger partial charge in [0.25, 0.3) is 5.69 Å². The van der Waals surface area contributed by atoms with Crippen molar-refractivity contribution in [1.82, 2.24) is 0 Å². The number of hydrogen-bond acceptors (Lipinski definition) is 4. The van der Waals surface area contributed by atoms with Crippen LogP contribution >= 0.6 is 15.9 Å². The molecule has 0 saturated carbocycles.